The number of urea groups is 1. The van der Waals surface area contributed by atoms with Crippen molar-refractivity contribution in [2.24, 2.45) is 5.92 Å². The molecule has 0 aromatic heterocycles. The van der Waals surface area contributed by atoms with Crippen molar-refractivity contribution in [1.82, 2.24) is 9.80 Å². The average molecular weight is 429 g/mol. The lowest BCUT2D eigenvalue weighted by Gasteiger charge is -2.23. The first-order valence-electron chi connectivity index (χ1n) is 8.78. The zero-order valence-electron chi connectivity index (χ0n) is 16.1. The van der Waals surface area contributed by atoms with Gasteiger partial charge < -0.3 is 15.0 Å². The van der Waals surface area contributed by atoms with Crippen molar-refractivity contribution < 1.29 is 36.7 Å². The van der Waals surface area contributed by atoms with Crippen LogP contribution in [0.15, 0.2) is 18.2 Å². The van der Waals surface area contributed by atoms with E-state index in [1.165, 1.54) is 0 Å². The van der Waals surface area contributed by atoms with E-state index in [0.29, 0.717) is 17.0 Å². The van der Waals surface area contributed by atoms with E-state index < -0.39 is 54.2 Å². The van der Waals surface area contributed by atoms with Gasteiger partial charge in [-0.1, -0.05) is 19.8 Å². The van der Waals surface area contributed by atoms with Gasteiger partial charge >= 0.3 is 18.2 Å². The summed E-state index contributed by atoms with van der Waals surface area (Å²) in [7, 11) is 0. The number of ether oxygens (including phenoxy) is 1. The van der Waals surface area contributed by atoms with Crippen LogP contribution in [0.1, 0.15) is 19.4 Å². The Kier molecular flexibility index (Phi) is 6.92. The molecule has 1 atom stereocenters. The Balaban J connectivity index is 2.07. The van der Waals surface area contributed by atoms with Crippen molar-refractivity contribution in [3.8, 4) is 12.3 Å². The number of rotatable bonds is 7. The fourth-order valence-corrected chi connectivity index (χ4v) is 2.65. The molecule has 1 saturated heterocycles. The van der Waals surface area contributed by atoms with Crippen LogP contribution >= 0.6 is 0 Å². The maximum absolute atomic E-state index is 14.1. The number of esters is 1. The predicted molar refractivity (Wildman–Crippen MR) is 97.3 cm³/mol. The van der Waals surface area contributed by atoms with Gasteiger partial charge in [-0.25, -0.2) is 18.9 Å². The van der Waals surface area contributed by atoms with E-state index in [1.54, 1.807) is 13.8 Å². The van der Waals surface area contributed by atoms with Crippen molar-refractivity contribution in [2.75, 3.05) is 25.1 Å². The van der Waals surface area contributed by atoms with Crippen LogP contribution in [0.25, 0.3) is 0 Å². The molecule has 30 heavy (non-hydrogen) atoms. The largest absolute Gasteiger partial charge is 0.442 e. The number of benzene rings is 1. The Hall–Kier alpha value is -3.29. The predicted octanol–water partition coefficient (Wildman–Crippen LogP) is 2.68. The Morgan fingerprint density at radius 1 is 1.33 bits per heavy atom. The number of anilines is 1. The maximum Gasteiger partial charge on any atom is 0.416 e. The zero-order valence-corrected chi connectivity index (χ0v) is 16.1. The second-order valence-electron chi connectivity index (χ2n) is 6.82. The topological polar surface area (TPSA) is 79.0 Å². The van der Waals surface area contributed by atoms with Gasteiger partial charge in [0.05, 0.1) is 17.8 Å². The molecule has 0 spiro atoms. The zero-order chi connectivity index (χ0) is 22.6. The third-order valence-electron chi connectivity index (χ3n) is 4.27. The summed E-state index contributed by atoms with van der Waals surface area (Å²) in [6, 6.07) is -0.00598. The van der Waals surface area contributed by atoms with E-state index in [9.17, 15) is 31.9 Å². The van der Waals surface area contributed by atoms with Crippen molar-refractivity contribution in [2.45, 2.75) is 26.1 Å². The summed E-state index contributed by atoms with van der Waals surface area (Å²) in [4.78, 5) is 38.1. The minimum Gasteiger partial charge on any atom is -0.442 e. The highest BCUT2D eigenvalue weighted by molar-refractivity contribution is 6.02. The molecule has 0 radical (unpaired) electrons. The van der Waals surface area contributed by atoms with Crippen LogP contribution in [0.5, 0.6) is 0 Å². The molecule has 1 N–H and O–H groups in total. The second-order valence-corrected chi connectivity index (χ2v) is 6.82. The molecule has 0 aliphatic carbocycles. The normalized spacial score (nSPS) is 15.4. The van der Waals surface area contributed by atoms with Gasteiger partial charge in [0.15, 0.2) is 6.73 Å². The van der Waals surface area contributed by atoms with Crippen LogP contribution in [-0.4, -0.2) is 53.6 Å². The lowest BCUT2D eigenvalue weighted by atomic mass is 10.0. The van der Waals surface area contributed by atoms with Gasteiger partial charge in [-0.2, -0.15) is 13.2 Å². The van der Waals surface area contributed by atoms with Crippen LogP contribution in [0.4, 0.5) is 28.0 Å². The third kappa shape index (κ3) is 5.20. The molecule has 2 rings (SSSR count). The molecule has 1 unspecified atom stereocenters. The molecule has 0 saturated carbocycles. The highest BCUT2D eigenvalue weighted by Crippen LogP contribution is 2.31. The van der Waals surface area contributed by atoms with E-state index >= 15 is 0 Å². The number of hydrogen-bond donors (Lipinski definition) is 1. The highest BCUT2D eigenvalue weighted by atomic mass is 19.4. The van der Waals surface area contributed by atoms with Crippen LogP contribution in [0, 0.1) is 24.1 Å². The molecule has 162 valence electrons. The smallest absolute Gasteiger partial charge is 0.416 e. The molecule has 7 nitrogen and oxygen atoms in total. The van der Waals surface area contributed by atoms with E-state index in [4.69, 9.17) is 11.2 Å². The number of alkyl halides is 3. The minimum absolute atomic E-state index is 0.0849. The highest BCUT2D eigenvalue weighted by Gasteiger charge is 2.37. The number of nitrogens with zero attached hydrogens (tertiary/aromatic N) is 2. The molecule has 3 amide bonds. The summed E-state index contributed by atoms with van der Waals surface area (Å²) < 4.78 is 57.1. The summed E-state index contributed by atoms with van der Waals surface area (Å²) in [5, 5.41) is 2.51. The number of carbonyl (C=O) groups excluding carboxylic acids is 3. The Morgan fingerprint density at radius 3 is 2.53 bits per heavy atom. The maximum atomic E-state index is 14.1. The van der Waals surface area contributed by atoms with Crippen LogP contribution in [-0.2, 0) is 20.5 Å². The molecular weight excluding hydrogens is 410 g/mol. The monoisotopic (exact) mass is 429 g/mol. The van der Waals surface area contributed by atoms with Gasteiger partial charge in [0.2, 0.25) is 0 Å². The summed E-state index contributed by atoms with van der Waals surface area (Å²) in [6.45, 7) is 2.20. The quantitative estimate of drug-likeness (QED) is 0.312. The van der Waals surface area contributed by atoms with E-state index in [-0.39, 0.29) is 18.8 Å². The second kappa shape index (κ2) is 9.02. The molecule has 1 aromatic rings. The van der Waals surface area contributed by atoms with Crippen LogP contribution < -0.4 is 5.32 Å². The number of terminal acetylenes is 1. The van der Waals surface area contributed by atoms with Crippen LogP contribution in [0.3, 0.4) is 0 Å². The molecule has 1 aliphatic rings. The summed E-state index contributed by atoms with van der Waals surface area (Å²) >= 11 is 0. The first-order valence-corrected chi connectivity index (χ1v) is 8.78. The number of hydrogen-bond acceptors (Lipinski definition) is 5. The molecule has 1 aromatic carbocycles. The van der Waals surface area contributed by atoms with E-state index in [2.05, 4.69) is 11.2 Å². The molecule has 0 bridgehead atoms. The van der Waals surface area contributed by atoms with Gasteiger partial charge in [-0.05, 0) is 24.1 Å². The number of halogens is 4. The number of nitrogens with one attached hydrogen (secondary N) is 1. The van der Waals surface area contributed by atoms with Gasteiger partial charge in [-0.3, -0.25) is 4.79 Å². The number of imide groups is 1. The average Bonchev–Trinajstić information content (AvgIpc) is 2.91. The molecule has 1 heterocycles. The van der Waals surface area contributed by atoms with E-state index in [0.717, 1.165) is 11.0 Å². The lowest BCUT2D eigenvalue weighted by molar-refractivity contribution is -0.151. The summed E-state index contributed by atoms with van der Waals surface area (Å²) in [6.07, 6.45) is 0.404. The van der Waals surface area contributed by atoms with Crippen molar-refractivity contribution >= 4 is 23.6 Å². The van der Waals surface area contributed by atoms with Crippen molar-refractivity contribution in [1.29, 1.82) is 0 Å². The minimum atomic E-state index is -4.71. The fourth-order valence-electron chi connectivity index (χ4n) is 2.65. The van der Waals surface area contributed by atoms with Crippen molar-refractivity contribution in [3.63, 3.8) is 0 Å². The van der Waals surface area contributed by atoms with Gasteiger partial charge in [0.25, 0.3) is 5.91 Å². The van der Waals surface area contributed by atoms with E-state index in [1.807, 2.05) is 0 Å². The van der Waals surface area contributed by atoms with Gasteiger partial charge in [0.1, 0.15) is 18.4 Å². The number of carbonyl (C=O) groups is 3. The molecule has 1 fully saturated rings. The Bertz CT molecular complexity index is 880. The first kappa shape index (κ1) is 23.0. The third-order valence-corrected chi connectivity index (χ3v) is 4.27. The Labute approximate surface area is 169 Å². The Morgan fingerprint density at radius 2 is 2.00 bits per heavy atom. The fraction of sp³-hybridized carbons (Fsp3) is 0.421. The molecular formula is C19H19F4N3O4. The van der Waals surface area contributed by atoms with Crippen LogP contribution in [0.2, 0.25) is 0 Å². The standard InChI is InChI=1S/C19H19F4N3O4/c1-4-7-25-9-15(27)26(18(25)29)10-30-17(28)16(11(2)3)24-14-6-5-12(8-13(14)20)19(21,22)23/h1,5-6,8,11,16,24H,7,9-10H2,2-3H3. The van der Waals surface area contributed by atoms with Gasteiger partial charge in [-0.15, -0.1) is 6.42 Å². The summed E-state index contributed by atoms with van der Waals surface area (Å²) in [5.74, 6) is -0.947. The van der Waals surface area contributed by atoms with Gasteiger partial charge in [0, 0.05) is 0 Å². The summed E-state index contributed by atoms with van der Waals surface area (Å²) in [5.41, 5.74) is -1.50. The number of amides is 3. The van der Waals surface area contributed by atoms with Crippen molar-refractivity contribution in [3.05, 3.63) is 29.6 Å². The SMILES string of the molecule is C#CCN1CC(=O)N(COC(=O)C(Nc2ccc(C(F)(F)F)cc2F)C(C)C)C1=O. The first-order chi connectivity index (χ1) is 14.0. The lowest BCUT2D eigenvalue weighted by Crippen LogP contribution is -2.41. The molecule has 11 heteroatoms. The molecule has 1 aliphatic heterocycles.